The van der Waals surface area contributed by atoms with Gasteiger partial charge in [0, 0.05) is 0 Å². The van der Waals surface area contributed by atoms with Crippen LogP contribution in [0.5, 0.6) is 0 Å². The lowest BCUT2D eigenvalue weighted by atomic mass is 10.1. The summed E-state index contributed by atoms with van der Waals surface area (Å²) in [5.41, 5.74) is 0.800. The predicted molar refractivity (Wildman–Crippen MR) is 57.0 cm³/mol. The van der Waals surface area contributed by atoms with E-state index in [9.17, 15) is 16.8 Å². The minimum absolute atomic E-state index is 0.0737. The van der Waals surface area contributed by atoms with Gasteiger partial charge in [-0.3, -0.25) is 4.55 Å². The van der Waals surface area contributed by atoms with Crippen LogP contribution in [0.15, 0.2) is 11.6 Å². The van der Waals surface area contributed by atoms with E-state index in [2.05, 4.69) is 0 Å². The van der Waals surface area contributed by atoms with Crippen LogP contribution in [-0.4, -0.2) is 38.6 Å². The van der Waals surface area contributed by atoms with Gasteiger partial charge in [0.05, 0.1) is 17.3 Å². The Balaban J connectivity index is 2.66. The zero-order valence-electron chi connectivity index (χ0n) is 8.22. The van der Waals surface area contributed by atoms with Crippen LogP contribution in [-0.2, 0) is 20.0 Å². The van der Waals surface area contributed by atoms with E-state index in [0.29, 0.717) is 19.3 Å². The highest BCUT2D eigenvalue weighted by atomic mass is 32.2. The first-order valence-corrected chi connectivity index (χ1v) is 8.05. The zero-order valence-corrected chi connectivity index (χ0v) is 9.85. The highest BCUT2D eigenvalue weighted by Crippen LogP contribution is 2.17. The van der Waals surface area contributed by atoms with E-state index in [-0.39, 0.29) is 11.5 Å². The molecule has 5 nitrogen and oxygen atoms in total. The van der Waals surface area contributed by atoms with E-state index >= 15 is 0 Å². The van der Waals surface area contributed by atoms with Gasteiger partial charge in [-0.25, -0.2) is 8.42 Å². The summed E-state index contributed by atoms with van der Waals surface area (Å²) < 4.78 is 51.9. The smallest absolute Gasteiger partial charge is 0.268 e. The summed E-state index contributed by atoms with van der Waals surface area (Å²) in [5, 5.41) is 0. The second kappa shape index (κ2) is 4.63. The first kappa shape index (κ1) is 12.7. The van der Waals surface area contributed by atoms with E-state index in [1.165, 1.54) is 6.08 Å². The van der Waals surface area contributed by atoms with Crippen molar-refractivity contribution in [2.75, 3.05) is 17.3 Å². The van der Waals surface area contributed by atoms with Gasteiger partial charge in [-0.1, -0.05) is 11.6 Å². The topological polar surface area (TPSA) is 88.5 Å². The Bertz CT molecular complexity index is 443. The number of sulfone groups is 1. The molecule has 0 spiro atoms. The average Bonchev–Trinajstić information content (AvgIpc) is 2.22. The molecule has 7 heteroatoms. The fourth-order valence-electron chi connectivity index (χ4n) is 1.46. The third-order valence-corrected chi connectivity index (χ3v) is 4.59. The Morgan fingerprint density at radius 1 is 1.27 bits per heavy atom. The number of hydrogen-bond acceptors (Lipinski definition) is 4. The molecule has 1 N–H and O–H groups in total. The molecular weight excluding hydrogens is 240 g/mol. The molecular formula is C8H14O5S2. The van der Waals surface area contributed by atoms with Crippen molar-refractivity contribution >= 4 is 20.0 Å². The van der Waals surface area contributed by atoms with Gasteiger partial charge in [0.15, 0.2) is 9.84 Å². The van der Waals surface area contributed by atoms with E-state index in [1.807, 2.05) is 0 Å². The van der Waals surface area contributed by atoms with Gasteiger partial charge in [-0.05, 0) is 19.3 Å². The van der Waals surface area contributed by atoms with Crippen LogP contribution in [0.2, 0.25) is 0 Å². The minimum Gasteiger partial charge on any atom is -0.285 e. The Kier molecular flexibility index (Phi) is 3.91. The maximum Gasteiger partial charge on any atom is 0.268 e. The van der Waals surface area contributed by atoms with E-state index in [4.69, 9.17) is 4.55 Å². The molecule has 1 heterocycles. The van der Waals surface area contributed by atoms with Crippen molar-refractivity contribution < 1.29 is 21.4 Å². The quantitative estimate of drug-likeness (QED) is 0.569. The van der Waals surface area contributed by atoms with Crippen LogP contribution in [0.25, 0.3) is 0 Å². The Morgan fingerprint density at radius 2 is 1.93 bits per heavy atom. The molecule has 1 aliphatic rings. The molecule has 0 aromatic carbocycles. The van der Waals surface area contributed by atoms with Crippen LogP contribution in [0.4, 0.5) is 0 Å². The SMILES string of the molecule is O=S(=O)(O)C/C=C1\CCCS(=O)(=O)CC1. The third-order valence-electron chi connectivity index (χ3n) is 2.27. The van der Waals surface area contributed by atoms with Crippen molar-refractivity contribution in [2.45, 2.75) is 19.3 Å². The molecule has 0 aliphatic carbocycles. The Morgan fingerprint density at radius 3 is 2.53 bits per heavy atom. The van der Waals surface area contributed by atoms with Crippen LogP contribution >= 0.6 is 0 Å². The summed E-state index contributed by atoms with van der Waals surface area (Å²) in [7, 11) is -6.95. The summed E-state index contributed by atoms with van der Waals surface area (Å²) in [4.78, 5) is 0. The van der Waals surface area contributed by atoms with Crippen molar-refractivity contribution in [1.29, 1.82) is 0 Å². The molecule has 15 heavy (non-hydrogen) atoms. The number of rotatable bonds is 2. The van der Waals surface area contributed by atoms with Crippen LogP contribution in [0.1, 0.15) is 19.3 Å². The number of allylic oxidation sites excluding steroid dienone is 1. The maximum absolute atomic E-state index is 11.2. The van der Waals surface area contributed by atoms with Crippen molar-refractivity contribution in [2.24, 2.45) is 0 Å². The largest absolute Gasteiger partial charge is 0.285 e. The molecule has 1 aliphatic heterocycles. The molecule has 1 saturated heterocycles. The van der Waals surface area contributed by atoms with Gasteiger partial charge in [0.25, 0.3) is 10.1 Å². The summed E-state index contributed by atoms with van der Waals surface area (Å²) in [6.07, 6.45) is 2.91. The first-order valence-electron chi connectivity index (χ1n) is 4.62. The molecule has 0 atom stereocenters. The normalized spacial score (nSPS) is 25.0. The molecule has 1 rings (SSSR count). The molecule has 0 radical (unpaired) electrons. The minimum atomic E-state index is -3.99. The molecule has 1 fully saturated rings. The van der Waals surface area contributed by atoms with Crippen molar-refractivity contribution in [1.82, 2.24) is 0 Å². The summed E-state index contributed by atoms with van der Waals surface area (Å²) in [5.74, 6) is -0.192. The summed E-state index contributed by atoms with van der Waals surface area (Å²) >= 11 is 0. The maximum atomic E-state index is 11.2. The van der Waals surface area contributed by atoms with E-state index in [0.717, 1.165) is 5.57 Å². The molecule has 0 amide bonds. The molecule has 0 aromatic rings. The highest BCUT2D eigenvalue weighted by Gasteiger charge is 2.16. The van der Waals surface area contributed by atoms with Crippen molar-refractivity contribution in [3.63, 3.8) is 0 Å². The Hall–Kier alpha value is -0.400. The van der Waals surface area contributed by atoms with Gasteiger partial charge in [0.1, 0.15) is 0 Å². The lowest BCUT2D eigenvalue weighted by molar-refractivity contribution is 0.486. The molecule has 0 unspecified atom stereocenters. The number of hydrogen-bond donors (Lipinski definition) is 1. The third kappa shape index (κ3) is 5.29. The van der Waals surface area contributed by atoms with Crippen LogP contribution < -0.4 is 0 Å². The molecule has 0 bridgehead atoms. The molecule has 0 aromatic heterocycles. The van der Waals surface area contributed by atoms with E-state index < -0.39 is 25.7 Å². The average molecular weight is 254 g/mol. The van der Waals surface area contributed by atoms with Crippen LogP contribution in [0, 0.1) is 0 Å². The second-order valence-corrected chi connectivity index (χ2v) is 7.42. The second-order valence-electron chi connectivity index (χ2n) is 3.62. The van der Waals surface area contributed by atoms with Crippen molar-refractivity contribution in [3.8, 4) is 0 Å². The van der Waals surface area contributed by atoms with Crippen LogP contribution in [0.3, 0.4) is 0 Å². The Labute approximate surface area is 89.9 Å². The van der Waals surface area contributed by atoms with Gasteiger partial charge in [0.2, 0.25) is 0 Å². The van der Waals surface area contributed by atoms with Gasteiger partial charge in [-0.15, -0.1) is 0 Å². The van der Waals surface area contributed by atoms with Gasteiger partial charge >= 0.3 is 0 Å². The lowest BCUT2D eigenvalue weighted by Crippen LogP contribution is -2.07. The molecule has 0 saturated carbocycles. The lowest BCUT2D eigenvalue weighted by Gasteiger charge is -2.00. The predicted octanol–water partition coefficient (Wildman–Crippen LogP) is 0.399. The zero-order chi connectivity index (χ0) is 11.5. The first-order chi connectivity index (χ1) is 6.79. The van der Waals surface area contributed by atoms with Crippen molar-refractivity contribution in [3.05, 3.63) is 11.6 Å². The van der Waals surface area contributed by atoms with Gasteiger partial charge in [-0.2, -0.15) is 8.42 Å². The molecule has 88 valence electrons. The fourth-order valence-corrected chi connectivity index (χ4v) is 3.27. The van der Waals surface area contributed by atoms with Gasteiger partial charge < -0.3 is 0 Å². The fraction of sp³-hybridized carbons (Fsp3) is 0.750. The summed E-state index contributed by atoms with van der Waals surface area (Å²) in [6.45, 7) is 0. The summed E-state index contributed by atoms with van der Waals surface area (Å²) in [6, 6.07) is 0. The highest BCUT2D eigenvalue weighted by molar-refractivity contribution is 7.91. The standard InChI is InChI=1S/C8H14O5S2/c9-14(10)5-1-2-8(3-6-14)4-7-15(11,12)13/h4H,1-3,5-7H2,(H,11,12,13)/b8-4+. The van der Waals surface area contributed by atoms with E-state index in [1.54, 1.807) is 0 Å². The monoisotopic (exact) mass is 254 g/mol.